The zero-order valence-corrected chi connectivity index (χ0v) is 15.5. The Morgan fingerprint density at radius 3 is 2.63 bits per heavy atom. The molecule has 0 unspecified atom stereocenters. The highest BCUT2D eigenvalue weighted by Gasteiger charge is 2.04. The van der Waals surface area contributed by atoms with Crippen LogP contribution in [0, 0.1) is 6.92 Å². The summed E-state index contributed by atoms with van der Waals surface area (Å²) in [5, 5.41) is 4.87. The average Bonchev–Trinajstić information content (AvgIpc) is 3.08. The van der Waals surface area contributed by atoms with Gasteiger partial charge >= 0.3 is 0 Å². The monoisotopic (exact) mass is 356 g/mol. The maximum absolute atomic E-state index is 5.91. The van der Waals surface area contributed by atoms with Crippen molar-refractivity contribution >= 4 is 10.9 Å². The lowest BCUT2D eigenvalue weighted by Crippen LogP contribution is -2.16. The third-order valence-electron chi connectivity index (χ3n) is 4.70. The van der Waals surface area contributed by atoms with Gasteiger partial charge in [-0.1, -0.05) is 42.0 Å². The fraction of sp³-hybridized carbons (Fsp3) is 0.167. The minimum Gasteiger partial charge on any atom is -0.457 e. The van der Waals surface area contributed by atoms with Crippen LogP contribution in [0.5, 0.6) is 11.5 Å². The first-order valence-electron chi connectivity index (χ1n) is 9.37. The molecule has 136 valence electrons. The number of aryl methyl sites for hydroxylation is 1. The van der Waals surface area contributed by atoms with Gasteiger partial charge in [0.15, 0.2) is 0 Å². The lowest BCUT2D eigenvalue weighted by Gasteiger charge is -2.09. The lowest BCUT2D eigenvalue weighted by atomic mass is 10.1. The van der Waals surface area contributed by atoms with E-state index in [2.05, 4.69) is 53.8 Å². The first kappa shape index (κ1) is 17.4. The minimum atomic E-state index is 0.827. The number of fused-ring (bicyclic) bond motifs is 1. The highest BCUT2D eigenvalue weighted by atomic mass is 16.5. The second-order valence-corrected chi connectivity index (χ2v) is 6.85. The largest absolute Gasteiger partial charge is 0.457 e. The Labute approximate surface area is 160 Å². The number of nitrogens with one attached hydrogen (secondary N) is 2. The van der Waals surface area contributed by atoms with E-state index in [9.17, 15) is 0 Å². The summed E-state index contributed by atoms with van der Waals surface area (Å²) in [6.07, 6.45) is 3.13. The second kappa shape index (κ2) is 8.11. The first-order chi connectivity index (χ1) is 13.3. The van der Waals surface area contributed by atoms with Crippen molar-refractivity contribution in [1.29, 1.82) is 0 Å². The molecule has 3 heteroatoms. The molecular formula is C24H24N2O. The average molecular weight is 356 g/mol. The number of para-hydroxylation sites is 1. The summed E-state index contributed by atoms with van der Waals surface area (Å²) in [4.78, 5) is 3.36. The van der Waals surface area contributed by atoms with Crippen molar-refractivity contribution in [2.75, 3.05) is 6.54 Å². The predicted octanol–water partition coefficient (Wildman–Crippen LogP) is 5.60. The molecule has 0 spiro atoms. The van der Waals surface area contributed by atoms with Crippen LogP contribution in [-0.2, 0) is 13.0 Å². The highest BCUT2D eigenvalue weighted by Crippen LogP contribution is 2.22. The molecule has 0 aliphatic heterocycles. The zero-order chi connectivity index (χ0) is 18.5. The van der Waals surface area contributed by atoms with E-state index in [1.54, 1.807) is 0 Å². The van der Waals surface area contributed by atoms with E-state index in [1.165, 1.54) is 27.6 Å². The summed E-state index contributed by atoms with van der Waals surface area (Å²) in [7, 11) is 0. The number of H-pyrrole nitrogens is 1. The van der Waals surface area contributed by atoms with Gasteiger partial charge in [0.2, 0.25) is 0 Å². The second-order valence-electron chi connectivity index (χ2n) is 6.85. The van der Waals surface area contributed by atoms with Gasteiger partial charge in [0, 0.05) is 23.6 Å². The molecule has 27 heavy (non-hydrogen) atoms. The van der Waals surface area contributed by atoms with Crippen molar-refractivity contribution in [2.45, 2.75) is 19.9 Å². The van der Waals surface area contributed by atoms with E-state index in [-0.39, 0.29) is 0 Å². The van der Waals surface area contributed by atoms with Gasteiger partial charge < -0.3 is 15.0 Å². The summed E-state index contributed by atoms with van der Waals surface area (Å²) in [5.74, 6) is 1.73. The van der Waals surface area contributed by atoms with Crippen LogP contribution in [0.4, 0.5) is 0 Å². The van der Waals surface area contributed by atoms with Gasteiger partial charge in [-0.25, -0.2) is 0 Å². The van der Waals surface area contributed by atoms with Gasteiger partial charge in [0.05, 0.1) is 0 Å². The van der Waals surface area contributed by atoms with E-state index in [0.717, 1.165) is 31.0 Å². The van der Waals surface area contributed by atoms with Crippen molar-refractivity contribution in [3.05, 3.63) is 95.7 Å². The standard InChI is InChI=1S/C24H24N2O/c1-18-10-11-24-23(14-18)20(17-26-24)12-13-25-16-19-6-5-9-22(15-19)27-21-7-3-2-4-8-21/h2-11,14-15,17,25-26H,12-13,16H2,1H3. The Morgan fingerprint density at radius 2 is 1.74 bits per heavy atom. The Morgan fingerprint density at radius 1 is 0.889 bits per heavy atom. The van der Waals surface area contributed by atoms with Gasteiger partial charge in [-0.2, -0.15) is 0 Å². The van der Waals surface area contributed by atoms with Crippen LogP contribution in [0.15, 0.2) is 79.0 Å². The predicted molar refractivity (Wildman–Crippen MR) is 111 cm³/mol. The maximum Gasteiger partial charge on any atom is 0.127 e. The molecule has 0 atom stereocenters. The molecule has 0 amide bonds. The highest BCUT2D eigenvalue weighted by molar-refractivity contribution is 5.83. The van der Waals surface area contributed by atoms with Gasteiger partial charge in [0.25, 0.3) is 0 Å². The molecule has 0 radical (unpaired) electrons. The minimum absolute atomic E-state index is 0.827. The van der Waals surface area contributed by atoms with Crippen molar-refractivity contribution in [1.82, 2.24) is 10.3 Å². The summed E-state index contributed by atoms with van der Waals surface area (Å²) in [5.41, 5.74) is 5.09. The molecule has 3 nitrogen and oxygen atoms in total. The van der Waals surface area contributed by atoms with E-state index in [0.29, 0.717) is 0 Å². The number of hydrogen-bond donors (Lipinski definition) is 2. The summed E-state index contributed by atoms with van der Waals surface area (Å²) >= 11 is 0. The number of rotatable bonds is 7. The van der Waals surface area contributed by atoms with Crippen LogP contribution in [0.1, 0.15) is 16.7 Å². The maximum atomic E-state index is 5.91. The quantitative estimate of drug-likeness (QED) is 0.423. The van der Waals surface area contributed by atoms with Gasteiger partial charge in [-0.3, -0.25) is 0 Å². The van der Waals surface area contributed by atoms with Gasteiger partial charge in [-0.15, -0.1) is 0 Å². The molecule has 4 aromatic rings. The van der Waals surface area contributed by atoms with Crippen LogP contribution in [0.3, 0.4) is 0 Å². The SMILES string of the molecule is Cc1ccc2[nH]cc(CCNCc3cccc(Oc4ccccc4)c3)c2c1. The number of ether oxygens (including phenoxy) is 1. The molecule has 0 aliphatic rings. The molecule has 1 heterocycles. The molecule has 2 N–H and O–H groups in total. The normalized spacial score (nSPS) is 11.0. The zero-order valence-electron chi connectivity index (χ0n) is 15.5. The van der Waals surface area contributed by atoms with Crippen molar-refractivity contribution in [2.24, 2.45) is 0 Å². The molecule has 0 bridgehead atoms. The Bertz CT molecular complexity index is 1020. The van der Waals surface area contributed by atoms with E-state index >= 15 is 0 Å². The van der Waals surface area contributed by atoms with Crippen LogP contribution in [-0.4, -0.2) is 11.5 Å². The fourth-order valence-corrected chi connectivity index (χ4v) is 3.30. The number of aromatic nitrogens is 1. The molecule has 0 fully saturated rings. The van der Waals surface area contributed by atoms with Gasteiger partial charge in [-0.05, 0) is 67.4 Å². The molecular weight excluding hydrogens is 332 g/mol. The van der Waals surface area contributed by atoms with Crippen molar-refractivity contribution in [3.63, 3.8) is 0 Å². The molecule has 1 aromatic heterocycles. The van der Waals surface area contributed by atoms with E-state index < -0.39 is 0 Å². The molecule has 0 saturated carbocycles. The van der Waals surface area contributed by atoms with Crippen LogP contribution >= 0.6 is 0 Å². The topological polar surface area (TPSA) is 37.0 Å². The number of aromatic amines is 1. The number of benzene rings is 3. The first-order valence-corrected chi connectivity index (χ1v) is 9.37. The van der Waals surface area contributed by atoms with Crippen LogP contribution < -0.4 is 10.1 Å². The summed E-state index contributed by atoms with van der Waals surface area (Å²) < 4.78 is 5.91. The van der Waals surface area contributed by atoms with Crippen molar-refractivity contribution in [3.8, 4) is 11.5 Å². The lowest BCUT2D eigenvalue weighted by molar-refractivity contribution is 0.481. The van der Waals surface area contributed by atoms with E-state index in [1.807, 2.05) is 42.5 Å². The van der Waals surface area contributed by atoms with Gasteiger partial charge in [0.1, 0.15) is 11.5 Å². The van der Waals surface area contributed by atoms with E-state index in [4.69, 9.17) is 4.74 Å². The third kappa shape index (κ3) is 4.39. The Balaban J connectivity index is 1.32. The van der Waals surface area contributed by atoms with Crippen molar-refractivity contribution < 1.29 is 4.74 Å². The summed E-state index contributed by atoms with van der Waals surface area (Å²) in [6.45, 7) is 3.90. The Hall–Kier alpha value is -3.04. The molecule has 0 saturated heterocycles. The Kier molecular flexibility index (Phi) is 5.22. The molecule has 0 aliphatic carbocycles. The summed E-state index contributed by atoms with van der Waals surface area (Å²) in [6, 6.07) is 24.7. The number of hydrogen-bond acceptors (Lipinski definition) is 2. The van der Waals surface area contributed by atoms with Crippen LogP contribution in [0.2, 0.25) is 0 Å². The fourth-order valence-electron chi connectivity index (χ4n) is 3.30. The van der Waals surface area contributed by atoms with Crippen LogP contribution in [0.25, 0.3) is 10.9 Å². The third-order valence-corrected chi connectivity index (χ3v) is 4.70. The molecule has 4 rings (SSSR count). The molecule has 3 aromatic carbocycles. The smallest absolute Gasteiger partial charge is 0.127 e.